The van der Waals surface area contributed by atoms with Gasteiger partial charge in [-0.05, 0) is 23.3 Å². The Morgan fingerprint density at radius 2 is 1.62 bits per heavy atom. The fourth-order valence-corrected chi connectivity index (χ4v) is 1.93. The van der Waals surface area contributed by atoms with Crippen molar-refractivity contribution in [2.75, 3.05) is 0 Å². The second kappa shape index (κ2) is 3.42. The first-order valence-corrected chi connectivity index (χ1v) is 5.20. The van der Waals surface area contributed by atoms with Crippen molar-refractivity contribution >= 4 is 10.9 Å². The first-order chi connectivity index (χ1) is 7.83. The number of H-pyrrole nitrogens is 1. The predicted molar refractivity (Wildman–Crippen MR) is 65.4 cm³/mol. The zero-order chi connectivity index (χ0) is 11.0. The first-order valence-electron chi connectivity index (χ1n) is 5.20. The highest BCUT2D eigenvalue weighted by atomic mass is 16.3. The van der Waals surface area contributed by atoms with Crippen LogP contribution in [0, 0.1) is 0 Å². The molecule has 2 aromatic carbocycles. The Hall–Kier alpha value is -2.22. The average Bonchev–Trinajstić information content (AvgIpc) is 2.69. The Morgan fingerprint density at radius 1 is 0.812 bits per heavy atom. The second-order valence-electron chi connectivity index (χ2n) is 3.82. The van der Waals surface area contributed by atoms with Crippen LogP contribution in [0.4, 0.5) is 0 Å². The Balaban J connectivity index is 2.18. The van der Waals surface area contributed by atoms with Crippen LogP contribution in [0.2, 0.25) is 0 Å². The van der Waals surface area contributed by atoms with Gasteiger partial charge < -0.3 is 10.1 Å². The van der Waals surface area contributed by atoms with Crippen molar-refractivity contribution < 1.29 is 5.11 Å². The summed E-state index contributed by atoms with van der Waals surface area (Å²) in [5.41, 5.74) is 3.30. The van der Waals surface area contributed by atoms with Crippen molar-refractivity contribution in [2.45, 2.75) is 0 Å². The molecule has 0 aliphatic heterocycles. The van der Waals surface area contributed by atoms with Crippen LogP contribution < -0.4 is 0 Å². The summed E-state index contributed by atoms with van der Waals surface area (Å²) in [5.74, 6) is 0.209. The van der Waals surface area contributed by atoms with E-state index in [2.05, 4.69) is 23.2 Å². The first kappa shape index (κ1) is 9.04. The van der Waals surface area contributed by atoms with Gasteiger partial charge in [0, 0.05) is 17.0 Å². The van der Waals surface area contributed by atoms with Crippen LogP contribution in [0.3, 0.4) is 0 Å². The lowest BCUT2D eigenvalue weighted by Gasteiger charge is -2.00. The van der Waals surface area contributed by atoms with Gasteiger partial charge in [-0.15, -0.1) is 0 Å². The van der Waals surface area contributed by atoms with Crippen LogP contribution in [0.15, 0.2) is 54.6 Å². The summed E-state index contributed by atoms with van der Waals surface area (Å²) in [6.07, 6.45) is 0. The number of aromatic hydroxyl groups is 1. The maximum absolute atomic E-state index is 9.36. The lowest BCUT2D eigenvalue weighted by Crippen LogP contribution is -1.76. The molecular formula is C14H11NO. The summed E-state index contributed by atoms with van der Waals surface area (Å²) in [5, 5.41) is 10.4. The van der Waals surface area contributed by atoms with Crippen LogP contribution in [0.25, 0.3) is 22.0 Å². The van der Waals surface area contributed by atoms with Gasteiger partial charge in [0.1, 0.15) is 0 Å². The standard InChI is InChI=1S/C14H11NO/c16-14-9-12-8-11(6-7-13(12)15-14)10-4-2-1-3-5-10/h1-9,15-16H. The Morgan fingerprint density at radius 3 is 2.44 bits per heavy atom. The summed E-state index contributed by atoms with van der Waals surface area (Å²) in [7, 11) is 0. The van der Waals surface area contributed by atoms with Crippen LogP contribution >= 0.6 is 0 Å². The van der Waals surface area contributed by atoms with E-state index in [1.165, 1.54) is 5.56 Å². The lowest BCUT2D eigenvalue weighted by molar-refractivity contribution is 0.458. The van der Waals surface area contributed by atoms with Gasteiger partial charge in [0.25, 0.3) is 0 Å². The smallest absolute Gasteiger partial charge is 0.189 e. The Labute approximate surface area is 93.2 Å². The number of aromatic nitrogens is 1. The number of aromatic amines is 1. The van der Waals surface area contributed by atoms with Gasteiger partial charge in [0.05, 0.1) is 0 Å². The van der Waals surface area contributed by atoms with Gasteiger partial charge >= 0.3 is 0 Å². The molecule has 0 bridgehead atoms. The van der Waals surface area contributed by atoms with Crippen molar-refractivity contribution in [1.82, 2.24) is 4.98 Å². The molecule has 3 rings (SSSR count). The molecule has 0 fully saturated rings. The van der Waals surface area contributed by atoms with Crippen LogP contribution in [0.5, 0.6) is 5.88 Å². The summed E-state index contributed by atoms with van der Waals surface area (Å²) >= 11 is 0. The Kier molecular flexibility index (Phi) is 1.93. The van der Waals surface area contributed by atoms with Gasteiger partial charge in [-0.3, -0.25) is 0 Å². The normalized spacial score (nSPS) is 10.8. The zero-order valence-corrected chi connectivity index (χ0v) is 8.64. The topological polar surface area (TPSA) is 36.0 Å². The molecule has 16 heavy (non-hydrogen) atoms. The molecule has 0 saturated carbocycles. The highest BCUT2D eigenvalue weighted by molar-refractivity contribution is 5.86. The second-order valence-corrected chi connectivity index (χ2v) is 3.82. The van der Waals surface area contributed by atoms with Gasteiger partial charge in [0.15, 0.2) is 5.88 Å². The molecule has 0 saturated heterocycles. The van der Waals surface area contributed by atoms with E-state index in [4.69, 9.17) is 0 Å². The number of hydrogen-bond donors (Lipinski definition) is 2. The van der Waals surface area contributed by atoms with Crippen molar-refractivity contribution in [3.05, 3.63) is 54.6 Å². The summed E-state index contributed by atoms with van der Waals surface area (Å²) in [4.78, 5) is 2.89. The van der Waals surface area contributed by atoms with Gasteiger partial charge in [-0.1, -0.05) is 36.4 Å². The average molecular weight is 209 g/mol. The molecule has 0 spiro atoms. The number of benzene rings is 2. The van der Waals surface area contributed by atoms with Crippen molar-refractivity contribution in [3.8, 4) is 17.0 Å². The van der Waals surface area contributed by atoms with E-state index in [0.717, 1.165) is 16.5 Å². The van der Waals surface area contributed by atoms with Gasteiger partial charge in [-0.2, -0.15) is 0 Å². The molecule has 3 aromatic rings. The lowest BCUT2D eigenvalue weighted by atomic mass is 10.0. The molecule has 2 nitrogen and oxygen atoms in total. The monoisotopic (exact) mass is 209 g/mol. The van der Waals surface area contributed by atoms with E-state index >= 15 is 0 Å². The van der Waals surface area contributed by atoms with Crippen molar-refractivity contribution in [1.29, 1.82) is 0 Å². The zero-order valence-electron chi connectivity index (χ0n) is 8.64. The van der Waals surface area contributed by atoms with Crippen LogP contribution in [0.1, 0.15) is 0 Å². The molecule has 0 aliphatic carbocycles. The highest BCUT2D eigenvalue weighted by Gasteiger charge is 2.01. The molecular weight excluding hydrogens is 198 g/mol. The predicted octanol–water partition coefficient (Wildman–Crippen LogP) is 3.54. The van der Waals surface area contributed by atoms with E-state index in [-0.39, 0.29) is 5.88 Å². The number of fused-ring (bicyclic) bond motifs is 1. The molecule has 0 amide bonds. The minimum Gasteiger partial charge on any atom is -0.495 e. The van der Waals surface area contributed by atoms with Gasteiger partial charge in [0.2, 0.25) is 0 Å². The SMILES string of the molecule is Oc1cc2cc(-c3ccccc3)ccc2[nH]1. The maximum Gasteiger partial charge on any atom is 0.189 e. The third-order valence-corrected chi connectivity index (χ3v) is 2.71. The minimum atomic E-state index is 0.209. The molecule has 0 unspecified atom stereocenters. The van der Waals surface area contributed by atoms with Crippen LogP contribution in [-0.2, 0) is 0 Å². The molecule has 0 atom stereocenters. The number of rotatable bonds is 1. The van der Waals surface area contributed by atoms with E-state index < -0.39 is 0 Å². The molecule has 2 heteroatoms. The minimum absolute atomic E-state index is 0.209. The van der Waals surface area contributed by atoms with E-state index in [1.54, 1.807) is 6.07 Å². The fraction of sp³-hybridized carbons (Fsp3) is 0. The van der Waals surface area contributed by atoms with Crippen molar-refractivity contribution in [2.24, 2.45) is 0 Å². The van der Waals surface area contributed by atoms with Gasteiger partial charge in [-0.25, -0.2) is 0 Å². The van der Waals surface area contributed by atoms with Crippen LogP contribution in [-0.4, -0.2) is 10.1 Å². The highest BCUT2D eigenvalue weighted by Crippen LogP contribution is 2.26. The third kappa shape index (κ3) is 1.44. The molecule has 0 radical (unpaired) electrons. The Bertz CT molecular complexity index is 626. The molecule has 78 valence electrons. The van der Waals surface area contributed by atoms with E-state index in [9.17, 15) is 5.11 Å². The largest absolute Gasteiger partial charge is 0.495 e. The molecule has 0 aliphatic rings. The summed E-state index contributed by atoms with van der Waals surface area (Å²) in [6, 6.07) is 18.0. The van der Waals surface area contributed by atoms with E-state index in [0.29, 0.717) is 0 Å². The molecule has 1 heterocycles. The fourth-order valence-electron chi connectivity index (χ4n) is 1.93. The summed E-state index contributed by atoms with van der Waals surface area (Å²) < 4.78 is 0. The maximum atomic E-state index is 9.36. The molecule has 2 N–H and O–H groups in total. The molecule has 1 aromatic heterocycles. The van der Waals surface area contributed by atoms with Crippen molar-refractivity contribution in [3.63, 3.8) is 0 Å². The summed E-state index contributed by atoms with van der Waals surface area (Å²) in [6.45, 7) is 0. The third-order valence-electron chi connectivity index (χ3n) is 2.71. The van der Waals surface area contributed by atoms with E-state index in [1.807, 2.05) is 30.3 Å². The number of nitrogens with one attached hydrogen (secondary N) is 1. The quantitative estimate of drug-likeness (QED) is 0.631. The number of hydrogen-bond acceptors (Lipinski definition) is 1.